The number of Topliss-reactive ketones (excluding diaryl/α,β-unsaturated/α-hetero) is 1. The number of nitrogens with zero attached hydrogens (tertiary/aromatic N) is 2. The first-order valence-corrected chi connectivity index (χ1v) is 5.39. The average molecular weight is 235 g/mol. The Morgan fingerprint density at radius 3 is 2.71 bits per heavy atom. The van der Waals surface area contributed by atoms with E-state index in [-0.39, 0.29) is 6.04 Å². The third kappa shape index (κ3) is 3.64. The zero-order valence-corrected chi connectivity index (χ0v) is 10.3. The van der Waals surface area contributed by atoms with Crippen molar-refractivity contribution in [1.29, 1.82) is 0 Å². The molecule has 0 aliphatic carbocycles. The van der Waals surface area contributed by atoms with Gasteiger partial charge in [0.1, 0.15) is 0 Å². The first-order valence-electron chi connectivity index (χ1n) is 5.39. The molecule has 1 rings (SSSR count). The summed E-state index contributed by atoms with van der Waals surface area (Å²) in [6, 6.07) is 3.74. The number of carbonyl (C=O) groups is 2. The summed E-state index contributed by atoms with van der Waals surface area (Å²) in [6.45, 7) is 1.71. The van der Waals surface area contributed by atoms with Gasteiger partial charge in [-0.2, -0.15) is 0 Å². The zero-order chi connectivity index (χ0) is 12.8. The van der Waals surface area contributed by atoms with Crippen molar-refractivity contribution in [2.75, 3.05) is 20.6 Å². The molecule has 5 nitrogen and oxygen atoms in total. The molecular formula is C12H17N3O2. The van der Waals surface area contributed by atoms with Crippen LogP contribution in [0.4, 0.5) is 0 Å². The fourth-order valence-corrected chi connectivity index (χ4v) is 1.57. The van der Waals surface area contributed by atoms with Crippen molar-refractivity contribution in [3.8, 4) is 0 Å². The second-order valence-electron chi connectivity index (χ2n) is 3.87. The average Bonchev–Trinajstić information content (AvgIpc) is 2.35. The van der Waals surface area contributed by atoms with E-state index in [9.17, 15) is 9.59 Å². The first-order chi connectivity index (χ1) is 8.06. The van der Waals surface area contributed by atoms with Gasteiger partial charge in [0.15, 0.2) is 0 Å². The Hall–Kier alpha value is -1.75. The largest absolute Gasteiger partial charge is 0.337 e. The molecule has 0 aromatic carbocycles. The molecule has 1 unspecified atom stereocenters. The summed E-state index contributed by atoms with van der Waals surface area (Å²) in [6.07, 6.45) is 3.44. The highest BCUT2D eigenvalue weighted by atomic mass is 16.2. The van der Waals surface area contributed by atoms with E-state index in [1.165, 1.54) is 11.8 Å². The zero-order valence-electron chi connectivity index (χ0n) is 10.3. The van der Waals surface area contributed by atoms with Crippen LogP contribution < -0.4 is 5.32 Å². The molecule has 0 fully saturated rings. The molecule has 0 aliphatic heterocycles. The summed E-state index contributed by atoms with van der Waals surface area (Å²) in [5, 5.41) is 3.10. The molecule has 1 N–H and O–H groups in total. The number of aromatic nitrogens is 1. The fraction of sp³-hybridized carbons (Fsp3) is 0.417. The lowest BCUT2D eigenvalue weighted by Crippen LogP contribution is -2.38. The molecule has 0 saturated heterocycles. The van der Waals surface area contributed by atoms with Gasteiger partial charge >= 0.3 is 0 Å². The number of hydrogen-bond acceptors (Lipinski definition) is 4. The highest BCUT2D eigenvalue weighted by Gasteiger charge is 2.18. The number of ketones is 1. The van der Waals surface area contributed by atoms with Crippen LogP contribution in [0.25, 0.3) is 0 Å². The molecule has 0 saturated carbocycles. The van der Waals surface area contributed by atoms with Crippen LogP contribution in [0.2, 0.25) is 0 Å². The molecule has 17 heavy (non-hydrogen) atoms. The molecule has 92 valence electrons. The van der Waals surface area contributed by atoms with Crippen LogP contribution in [0.15, 0.2) is 24.5 Å². The van der Waals surface area contributed by atoms with Crippen molar-refractivity contribution >= 4 is 11.7 Å². The molecular weight excluding hydrogens is 218 g/mol. The maximum absolute atomic E-state index is 11.5. The minimum atomic E-state index is -0.478. The fourth-order valence-electron chi connectivity index (χ4n) is 1.57. The van der Waals surface area contributed by atoms with Crippen LogP contribution in [0.1, 0.15) is 18.5 Å². The summed E-state index contributed by atoms with van der Waals surface area (Å²) in [7, 11) is 3.42. The Morgan fingerprint density at radius 2 is 2.24 bits per heavy atom. The van der Waals surface area contributed by atoms with Crippen molar-refractivity contribution < 1.29 is 9.59 Å². The molecule has 5 heteroatoms. The monoisotopic (exact) mass is 235 g/mol. The Morgan fingerprint density at radius 1 is 1.53 bits per heavy atom. The number of hydrogen-bond donors (Lipinski definition) is 1. The van der Waals surface area contributed by atoms with Gasteiger partial charge in [-0.15, -0.1) is 0 Å². The summed E-state index contributed by atoms with van der Waals surface area (Å²) < 4.78 is 0. The van der Waals surface area contributed by atoms with Gasteiger partial charge < -0.3 is 10.2 Å². The Labute approximate surface area is 101 Å². The molecule has 0 bridgehead atoms. The SMILES string of the molecule is CNC(CN(C)C(=O)C(C)=O)c1cccnc1. The molecule has 1 aromatic heterocycles. The minimum absolute atomic E-state index is 0.0306. The quantitative estimate of drug-likeness (QED) is 0.750. The second kappa shape index (κ2) is 6.10. The normalized spacial score (nSPS) is 11.9. The third-order valence-electron chi connectivity index (χ3n) is 2.54. The van der Waals surface area contributed by atoms with E-state index in [1.54, 1.807) is 19.4 Å². The van der Waals surface area contributed by atoms with Gasteiger partial charge in [-0.3, -0.25) is 14.6 Å². The summed E-state index contributed by atoms with van der Waals surface area (Å²) in [5.74, 6) is -0.928. The first kappa shape index (κ1) is 13.3. The minimum Gasteiger partial charge on any atom is -0.337 e. The summed E-state index contributed by atoms with van der Waals surface area (Å²) in [4.78, 5) is 27.9. The maximum atomic E-state index is 11.5. The number of pyridine rings is 1. The van der Waals surface area contributed by atoms with Crippen LogP contribution in [0.5, 0.6) is 0 Å². The molecule has 1 atom stereocenters. The van der Waals surface area contributed by atoms with Gasteiger partial charge in [0.2, 0.25) is 5.78 Å². The van der Waals surface area contributed by atoms with Crippen molar-refractivity contribution in [3.63, 3.8) is 0 Å². The van der Waals surface area contributed by atoms with Crippen LogP contribution >= 0.6 is 0 Å². The lowest BCUT2D eigenvalue weighted by Gasteiger charge is -2.23. The van der Waals surface area contributed by atoms with E-state index in [0.29, 0.717) is 6.54 Å². The van der Waals surface area contributed by atoms with Crippen LogP contribution in [0, 0.1) is 0 Å². The Bertz CT molecular complexity index is 392. The van der Waals surface area contributed by atoms with Gasteiger partial charge in [-0.1, -0.05) is 6.07 Å². The van der Waals surface area contributed by atoms with E-state index in [1.807, 2.05) is 19.2 Å². The lowest BCUT2D eigenvalue weighted by molar-refractivity contribution is -0.142. The van der Waals surface area contributed by atoms with Crippen LogP contribution in [-0.2, 0) is 9.59 Å². The van der Waals surface area contributed by atoms with Gasteiger partial charge in [0.05, 0.1) is 6.04 Å². The summed E-state index contributed by atoms with van der Waals surface area (Å²) >= 11 is 0. The van der Waals surface area contributed by atoms with E-state index in [4.69, 9.17) is 0 Å². The van der Waals surface area contributed by atoms with E-state index in [0.717, 1.165) is 5.56 Å². The molecule has 1 heterocycles. The van der Waals surface area contributed by atoms with Gasteiger partial charge in [-0.05, 0) is 18.7 Å². The predicted octanol–water partition coefficient (Wildman–Crippen LogP) is 0.389. The topological polar surface area (TPSA) is 62.3 Å². The number of amides is 1. The highest BCUT2D eigenvalue weighted by molar-refractivity contribution is 6.34. The van der Waals surface area contributed by atoms with Crippen molar-refractivity contribution in [2.45, 2.75) is 13.0 Å². The van der Waals surface area contributed by atoms with Crippen molar-refractivity contribution in [1.82, 2.24) is 15.2 Å². The van der Waals surface area contributed by atoms with Gasteiger partial charge in [-0.25, -0.2) is 0 Å². The highest BCUT2D eigenvalue weighted by Crippen LogP contribution is 2.11. The van der Waals surface area contributed by atoms with Crippen molar-refractivity contribution in [2.24, 2.45) is 0 Å². The molecule has 0 spiro atoms. The van der Waals surface area contributed by atoms with E-state index in [2.05, 4.69) is 10.3 Å². The standard InChI is InChI=1S/C12H17N3O2/c1-9(16)12(17)15(3)8-11(13-2)10-5-4-6-14-7-10/h4-7,11,13H,8H2,1-3H3. The summed E-state index contributed by atoms with van der Waals surface area (Å²) in [5.41, 5.74) is 0.984. The maximum Gasteiger partial charge on any atom is 0.289 e. The van der Waals surface area contributed by atoms with Gasteiger partial charge in [0.25, 0.3) is 5.91 Å². The second-order valence-corrected chi connectivity index (χ2v) is 3.87. The molecule has 1 aromatic rings. The van der Waals surface area contributed by atoms with Crippen molar-refractivity contribution in [3.05, 3.63) is 30.1 Å². The molecule has 0 radical (unpaired) electrons. The number of carbonyl (C=O) groups excluding carboxylic acids is 2. The number of rotatable bonds is 5. The smallest absolute Gasteiger partial charge is 0.289 e. The van der Waals surface area contributed by atoms with Gasteiger partial charge in [0, 0.05) is 32.9 Å². The van der Waals surface area contributed by atoms with Crippen LogP contribution in [-0.4, -0.2) is 42.2 Å². The van der Waals surface area contributed by atoms with Crippen LogP contribution in [0.3, 0.4) is 0 Å². The van der Waals surface area contributed by atoms with E-state index >= 15 is 0 Å². The number of nitrogens with one attached hydrogen (secondary N) is 1. The lowest BCUT2D eigenvalue weighted by atomic mass is 10.1. The number of likely N-dealkylation sites (N-methyl/N-ethyl adjacent to an activating group) is 2. The predicted molar refractivity (Wildman–Crippen MR) is 64.4 cm³/mol. The molecule has 1 amide bonds. The molecule has 0 aliphatic rings. The van der Waals surface area contributed by atoms with E-state index < -0.39 is 11.7 Å². The third-order valence-corrected chi connectivity index (χ3v) is 2.54. The Balaban J connectivity index is 2.71. The Kier molecular flexibility index (Phi) is 4.78.